The molecular formula is C40H38BrF2N3O4S2. The van der Waals surface area contributed by atoms with E-state index in [4.69, 9.17) is 21.9 Å². The summed E-state index contributed by atoms with van der Waals surface area (Å²) in [7, 11) is -4.04. The molecule has 0 aliphatic carbocycles. The fourth-order valence-corrected chi connectivity index (χ4v) is 8.16. The van der Waals surface area contributed by atoms with E-state index in [1.807, 2.05) is 45.0 Å². The van der Waals surface area contributed by atoms with Gasteiger partial charge in [-0.05, 0) is 87.4 Å². The molecule has 3 N–H and O–H groups in total. The summed E-state index contributed by atoms with van der Waals surface area (Å²) in [6.45, 7) is 5.95. The minimum atomic E-state index is -4.04. The normalized spacial score (nSPS) is 13.2. The third-order valence-corrected chi connectivity index (χ3v) is 11.6. The molecule has 0 aliphatic rings. The van der Waals surface area contributed by atoms with Crippen LogP contribution in [0.15, 0.2) is 115 Å². The summed E-state index contributed by atoms with van der Waals surface area (Å²) in [5.74, 6) is 1.39. The second-order valence-corrected chi connectivity index (χ2v) is 16.6. The molecule has 5 rings (SSSR count). The van der Waals surface area contributed by atoms with E-state index in [1.165, 1.54) is 54.9 Å². The van der Waals surface area contributed by atoms with Crippen LogP contribution in [0, 0.1) is 36.3 Å². The summed E-state index contributed by atoms with van der Waals surface area (Å²) in [5, 5.41) is 10.7. The fraction of sp³-hybridized carbons (Fsp3) is 0.225. The number of hydrogen-bond acceptors (Lipinski definition) is 7. The number of nitrogens with two attached hydrogens (primary N) is 1. The quantitative estimate of drug-likeness (QED) is 0.0660. The van der Waals surface area contributed by atoms with Gasteiger partial charge in [0.2, 0.25) is 0 Å². The number of ether oxygens (including phenoxy) is 1. The highest BCUT2D eigenvalue weighted by Crippen LogP contribution is 2.39. The van der Waals surface area contributed by atoms with Gasteiger partial charge in [0.25, 0.3) is 10.0 Å². The summed E-state index contributed by atoms with van der Waals surface area (Å²) in [5.41, 5.74) is 8.26. The van der Waals surface area contributed by atoms with Crippen LogP contribution in [0.5, 0.6) is 0 Å². The second-order valence-electron chi connectivity index (χ2n) is 12.8. The van der Waals surface area contributed by atoms with E-state index >= 15 is 8.78 Å². The number of hydrogen-bond donors (Lipinski definition) is 2. The number of fused-ring (bicyclic) bond motifs is 1. The topological polar surface area (TPSA) is 107 Å². The van der Waals surface area contributed by atoms with Crippen molar-refractivity contribution in [2.75, 3.05) is 13.2 Å². The Kier molecular flexibility index (Phi) is 12.4. The number of aliphatic hydroxyl groups is 1. The van der Waals surface area contributed by atoms with Gasteiger partial charge in [0, 0.05) is 62.1 Å². The molecule has 0 fully saturated rings. The number of aryl methyl sites for hydroxylation is 1. The molecule has 52 heavy (non-hydrogen) atoms. The molecule has 0 aliphatic heterocycles. The highest BCUT2D eigenvalue weighted by Gasteiger charge is 2.24. The van der Waals surface area contributed by atoms with Gasteiger partial charge in [-0.1, -0.05) is 63.4 Å². The van der Waals surface area contributed by atoms with Crippen LogP contribution in [-0.2, 0) is 21.4 Å². The lowest BCUT2D eigenvalue weighted by Crippen LogP contribution is -2.17. The number of rotatable bonds is 14. The molecule has 4 aromatic carbocycles. The lowest BCUT2D eigenvalue weighted by molar-refractivity contribution is 0.0825. The van der Waals surface area contributed by atoms with Gasteiger partial charge in [0.15, 0.2) is 0 Å². The number of aliphatic imine (C=N–C) groups is 1. The molecule has 1 unspecified atom stereocenters. The molecule has 0 saturated carbocycles. The predicted molar refractivity (Wildman–Crippen MR) is 208 cm³/mol. The van der Waals surface area contributed by atoms with Crippen molar-refractivity contribution in [3.63, 3.8) is 0 Å². The number of benzene rings is 4. The van der Waals surface area contributed by atoms with Crippen LogP contribution in [0.1, 0.15) is 48.6 Å². The first-order valence-corrected chi connectivity index (χ1v) is 19.3. The third kappa shape index (κ3) is 9.03. The maximum absolute atomic E-state index is 15.8. The Morgan fingerprint density at radius 3 is 2.56 bits per heavy atom. The Morgan fingerprint density at radius 1 is 1.12 bits per heavy atom. The molecule has 0 radical (unpaired) electrons. The maximum Gasteiger partial charge on any atom is 0.268 e. The largest absolute Gasteiger partial charge is 0.398 e. The van der Waals surface area contributed by atoms with Gasteiger partial charge >= 0.3 is 0 Å². The van der Waals surface area contributed by atoms with E-state index in [-0.39, 0.29) is 38.2 Å². The number of terminal acetylenes is 1. The molecule has 0 amide bonds. The van der Waals surface area contributed by atoms with Gasteiger partial charge < -0.3 is 15.6 Å². The molecule has 12 heteroatoms. The van der Waals surface area contributed by atoms with Gasteiger partial charge in [-0.25, -0.2) is 21.2 Å². The Morgan fingerprint density at radius 2 is 1.87 bits per heavy atom. The number of allylic oxidation sites excluding steroid dienone is 1. The monoisotopic (exact) mass is 805 g/mol. The van der Waals surface area contributed by atoms with Gasteiger partial charge in [-0.3, -0.25) is 4.99 Å². The fourth-order valence-electron chi connectivity index (χ4n) is 5.40. The van der Waals surface area contributed by atoms with E-state index in [2.05, 4.69) is 21.9 Å². The van der Waals surface area contributed by atoms with Crippen LogP contribution in [0.3, 0.4) is 0 Å². The van der Waals surface area contributed by atoms with Crippen LogP contribution < -0.4 is 5.73 Å². The smallest absolute Gasteiger partial charge is 0.268 e. The molecule has 1 aromatic heterocycles. The SMILES string of the molecule is C#CC(C)(C)COCCC(N=C/C=C(\N)c1cc(Sc2c(F)cc3c(ccn3S(=O)(=O)c3ccc(C)cc3)c2CO)ccc1F)c1cccc(Br)c1. The average Bonchev–Trinajstić information content (AvgIpc) is 3.54. The summed E-state index contributed by atoms with van der Waals surface area (Å²) in [6, 6.07) is 20.7. The molecule has 0 bridgehead atoms. The predicted octanol–water partition coefficient (Wildman–Crippen LogP) is 9.05. The van der Waals surface area contributed by atoms with Crippen molar-refractivity contribution in [2.45, 2.75) is 54.5 Å². The van der Waals surface area contributed by atoms with Gasteiger partial charge in [-0.15, -0.1) is 6.42 Å². The lowest BCUT2D eigenvalue weighted by atomic mass is 9.96. The lowest BCUT2D eigenvalue weighted by Gasteiger charge is -2.19. The standard InChI is InChI=1S/C40H38BrF2N3O4S2/c1-5-40(3,4)25-50-20-17-37(27-7-6-8-28(41)21-27)45-18-15-36(44)32-22-29(11-14-34(32)42)51-39-33(24-47)31-16-19-46(38(31)23-35(39)43)52(48,49)30-12-9-26(2)10-13-30/h1,6-16,18-19,21-23,37,47H,17,20,24-25,44H2,2-4H3/b36-15-,45-18?. The number of aromatic nitrogens is 1. The summed E-state index contributed by atoms with van der Waals surface area (Å²) in [4.78, 5) is 5.28. The van der Waals surface area contributed by atoms with Crippen molar-refractivity contribution in [3.05, 3.63) is 129 Å². The number of aliphatic hydroxyl groups excluding tert-OH is 1. The van der Waals surface area contributed by atoms with E-state index in [0.29, 0.717) is 29.9 Å². The molecule has 270 valence electrons. The minimum absolute atomic E-state index is 0.0485. The third-order valence-electron chi connectivity index (χ3n) is 8.32. The first-order chi connectivity index (χ1) is 24.7. The van der Waals surface area contributed by atoms with E-state index < -0.39 is 33.7 Å². The zero-order valence-electron chi connectivity index (χ0n) is 28.8. The van der Waals surface area contributed by atoms with Gasteiger partial charge in [-0.2, -0.15) is 0 Å². The van der Waals surface area contributed by atoms with Crippen molar-refractivity contribution in [1.82, 2.24) is 3.97 Å². The molecule has 1 heterocycles. The zero-order valence-corrected chi connectivity index (χ0v) is 32.0. The van der Waals surface area contributed by atoms with Crippen molar-refractivity contribution >= 4 is 60.5 Å². The van der Waals surface area contributed by atoms with Gasteiger partial charge in [0.05, 0.1) is 34.6 Å². The molecule has 0 spiro atoms. The summed E-state index contributed by atoms with van der Waals surface area (Å²) in [6.07, 6.45) is 10.5. The van der Waals surface area contributed by atoms with Crippen molar-refractivity contribution in [2.24, 2.45) is 16.1 Å². The second kappa shape index (κ2) is 16.6. The zero-order chi connectivity index (χ0) is 37.6. The van der Waals surface area contributed by atoms with Crippen molar-refractivity contribution in [1.29, 1.82) is 0 Å². The van der Waals surface area contributed by atoms with E-state index in [1.54, 1.807) is 12.1 Å². The Labute approximate surface area is 315 Å². The van der Waals surface area contributed by atoms with Crippen LogP contribution in [0.2, 0.25) is 0 Å². The van der Waals surface area contributed by atoms with Crippen LogP contribution in [0.25, 0.3) is 16.6 Å². The van der Waals surface area contributed by atoms with Crippen molar-refractivity contribution < 1.29 is 27.0 Å². The molecule has 5 aromatic rings. The van der Waals surface area contributed by atoms with Crippen molar-refractivity contribution in [3.8, 4) is 12.3 Å². The van der Waals surface area contributed by atoms with E-state index in [0.717, 1.165) is 37.4 Å². The average molecular weight is 807 g/mol. The van der Waals surface area contributed by atoms with Gasteiger partial charge in [0.1, 0.15) is 11.6 Å². The van der Waals surface area contributed by atoms with Crippen LogP contribution >= 0.6 is 27.7 Å². The molecular weight excluding hydrogens is 768 g/mol. The minimum Gasteiger partial charge on any atom is -0.398 e. The first kappa shape index (κ1) is 39.0. The number of nitrogens with zero attached hydrogens (tertiary/aromatic N) is 2. The molecule has 0 saturated heterocycles. The summed E-state index contributed by atoms with van der Waals surface area (Å²) >= 11 is 4.48. The molecule has 1 atom stereocenters. The first-order valence-electron chi connectivity index (χ1n) is 16.3. The van der Waals surface area contributed by atoms with E-state index in [9.17, 15) is 13.5 Å². The van der Waals surface area contributed by atoms with Crippen LogP contribution in [0.4, 0.5) is 8.78 Å². The Hall–Kier alpha value is -4.25. The molecule has 7 nitrogen and oxygen atoms in total. The Balaban J connectivity index is 1.40. The highest BCUT2D eigenvalue weighted by atomic mass is 79.9. The number of halogens is 3. The summed E-state index contributed by atoms with van der Waals surface area (Å²) < 4.78 is 65.5. The Bertz CT molecular complexity index is 2300. The van der Waals surface area contributed by atoms with Crippen LogP contribution in [-0.4, -0.2) is 36.9 Å². The highest BCUT2D eigenvalue weighted by molar-refractivity contribution is 9.10. The maximum atomic E-state index is 15.8.